The molecule has 0 amide bonds. The maximum absolute atomic E-state index is 13.6. The van der Waals surface area contributed by atoms with E-state index < -0.39 is 17.4 Å². The number of carboxylic acids is 1. The van der Waals surface area contributed by atoms with E-state index in [0.29, 0.717) is 23.4 Å². The van der Waals surface area contributed by atoms with Gasteiger partial charge in [0.25, 0.3) is 5.60 Å². The first kappa shape index (κ1) is 27.4. The summed E-state index contributed by atoms with van der Waals surface area (Å²) >= 11 is 0. The molecule has 1 heterocycles. The molecule has 0 radical (unpaired) electrons. The summed E-state index contributed by atoms with van der Waals surface area (Å²) in [5.74, 6) is -1.20. The van der Waals surface area contributed by atoms with Crippen LogP contribution in [0.1, 0.15) is 44.5 Å². The van der Waals surface area contributed by atoms with Gasteiger partial charge in [0.15, 0.2) is 5.78 Å². The number of ether oxygens (including phenoxy) is 2. The fourth-order valence-electron chi connectivity index (χ4n) is 4.99. The van der Waals surface area contributed by atoms with Crippen LogP contribution < -0.4 is 9.47 Å². The highest BCUT2D eigenvalue weighted by Crippen LogP contribution is 2.30. The minimum atomic E-state index is -2.12. The summed E-state index contributed by atoms with van der Waals surface area (Å²) in [5.41, 5.74) is 1.81. The lowest BCUT2D eigenvalue weighted by atomic mass is 9.94. The number of hydrogen-bond acceptors (Lipinski definition) is 5. The van der Waals surface area contributed by atoms with Gasteiger partial charge in [-0.3, -0.25) is 9.59 Å². The van der Waals surface area contributed by atoms with Gasteiger partial charge in [0.1, 0.15) is 11.5 Å². The summed E-state index contributed by atoms with van der Waals surface area (Å²) in [6.45, 7) is 3.57. The second-order valence-electron chi connectivity index (χ2n) is 9.90. The molecule has 0 aliphatic rings. The van der Waals surface area contributed by atoms with Gasteiger partial charge in [-0.1, -0.05) is 60.7 Å². The molecule has 4 aromatic carbocycles. The van der Waals surface area contributed by atoms with Crippen LogP contribution in [-0.4, -0.2) is 39.9 Å². The number of nitrogens with zero attached hydrogens (tertiary/aromatic N) is 1. The number of carbonyl (C=O) groups excluding carboxylic acids is 2. The zero-order valence-corrected chi connectivity index (χ0v) is 23.0. The highest BCUT2D eigenvalue weighted by Gasteiger charge is 2.44. The summed E-state index contributed by atoms with van der Waals surface area (Å²) in [6, 6.07) is 30.0. The van der Waals surface area contributed by atoms with Gasteiger partial charge >= 0.3 is 5.97 Å². The molecule has 0 spiro atoms. The van der Waals surface area contributed by atoms with Crippen LogP contribution in [0.2, 0.25) is 0 Å². The predicted octanol–water partition coefficient (Wildman–Crippen LogP) is 6.34. The van der Waals surface area contributed by atoms with E-state index in [1.165, 1.54) is 6.92 Å². The first-order valence-corrected chi connectivity index (χ1v) is 13.1. The van der Waals surface area contributed by atoms with Gasteiger partial charge < -0.3 is 19.1 Å². The molecule has 0 unspecified atom stereocenters. The van der Waals surface area contributed by atoms with Crippen LogP contribution in [0.25, 0.3) is 10.9 Å². The number of benzene rings is 4. The first-order chi connectivity index (χ1) is 19.7. The third kappa shape index (κ3) is 5.22. The number of aliphatic carboxylic acids is 1. The minimum absolute atomic E-state index is 0.0890. The quantitative estimate of drug-likeness (QED) is 0.162. The molecule has 5 aromatic rings. The van der Waals surface area contributed by atoms with E-state index in [0.717, 1.165) is 22.2 Å². The van der Waals surface area contributed by atoms with Crippen molar-refractivity contribution in [3.8, 4) is 11.5 Å². The largest absolute Gasteiger partial charge is 0.497 e. The van der Waals surface area contributed by atoms with Gasteiger partial charge in [0.05, 0.1) is 12.7 Å². The number of fused-ring (bicyclic) bond motifs is 1. The molecular weight excluding hydrogens is 518 g/mol. The summed E-state index contributed by atoms with van der Waals surface area (Å²) < 4.78 is 13.2. The van der Waals surface area contributed by atoms with Gasteiger partial charge in [-0.25, -0.2) is 4.79 Å². The van der Waals surface area contributed by atoms with E-state index in [1.54, 1.807) is 79.9 Å². The van der Waals surface area contributed by atoms with Crippen molar-refractivity contribution in [2.24, 2.45) is 0 Å². The van der Waals surface area contributed by atoms with Gasteiger partial charge in [-0.15, -0.1) is 0 Å². The summed E-state index contributed by atoms with van der Waals surface area (Å²) in [7, 11) is 1.58. The van der Waals surface area contributed by atoms with Crippen molar-refractivity contribution in [1.29, 1.82) is 0 Å². The van der Waals surface area contributed by atoms with Gasteiger partial charge in [0.2, 0.25) is 5.78 Å². The number of carboxylic acid groups (broad SMARTS) is 1. The van der Waals surface area contributed by atoms with E-state index in [-0.39, 0.29) is 17.1 Å². The van der Waals surface area contributed by atoms with Gasteiger partial charge in [-0.2, -0.15) is 0 Å². The Kier molecular flexibility index (Phi) is 7.44. The number of ketones is 2. The summed E-state index contributed by atoms with van der Waals surface area (Å²) in [4.78, 5) is 39.0. The Balaban J connectivity index is 1.48. The van der Waals surface area contributed by atoms with Crippen molar-refractivity contribution in [3.05, 3.63) is 131 Å². The number of rotatable bonds is 10. The molecule has 7 nitrogen and oxygen atoms in total. The van der Waals surface area contributed by atoms with E-state index >= 15 is 0 Å². The zero-order valence-electron chi connectivity index (χ0n) is 23.0. The fourth-order valence-corrected chi connectivity index (χ4v) is 4.99. The molecule has 0 fully saturated rings. The lowest BCUT2D eigenvalue weighted by Gasteiger charge is -2.25. The van der Waals surface area contributed by atoms with Crippen molar-refractivity contribution < 1.29 is 29.0 Å². The summed E-state index contributed by atoms with van der Waals surface area (Å²) in [6.07, 6.45) is 0. The van der Waals surface area contributed by atoms with Crippen molar-refractivity contribution >= 4 is 28.4 Å². The molecule has 1 atom stereocenters. The minimum Gasteiger partial charge on any atom is -0.497 e. The van der Waals surface area contributed by atoms with Crippen LogP contribution in [0.3, 0.4) is 0 Å². The molecule has 206 valence electrons. The van der Waals surface area contributed by atoms with Crippen LogP contribution in [0.15, 0.2) is 103 Å². The highest BCUT2D eigenvalue weighted by atomic mass is 16.5. The zero-order chi connectivity index (χ0) is 29.1. The van der Waals surface area contributed by atoms with Crippen LogP contribution in [-0.2, 0) is 11.3 Å². The fraction of sp³-hybridized carbons (Fsp3) is 0.147. The third-order valence-corrected chi connectivity index (χ3v) is 7.25. The van der Waals surface area contributed by atoms with Crippen molar-refractivity contribution in [2.75, 3.05) is 7.11 Å². The molecule has 0 aliphatic heterocycles. The Morgan fingerprint density at radius 3 is 2.17 bits per heavy atom. The van der Waals surface area contributed by atoms with Crippen molar-refractivity contribution in [1.82, 2.24) is 4.57 Å². The van der Waals surface area contributed by atoms with E-state index in [4.69, 9.17) is 9.47 Å². The Labute approximate surface area is 237 Å². The molecular formula is C34H29NO6. The Bertz CT molecular complexity index is 1750. The van der Waals surface area contributed by atoms with Crippen LogP contribution in [0.5, 0.6) is 11.5 Å². The van der Waals surface area contributed by atoms with Gasteiger partial charge in [0, 0.05) is 34.3 Å². The molecule has 1 aromatic heterocycles. The predicted molar refractivity (Wildman–Crippen MR) is 156 cm³/mol. The Morgan fingerprint density at radius 2 is 1.49 bits per heavy atom. The molecule has 0 saturated heterocycles. The standard InChI is InChI=1S/C34H29NO6/c1-22-30(31(36)24-16-18-26(40-3)19-17-24)28-14-7-8-15-29(28)35(22)21-23-10-9-13-27(20-23)41-34(2,33(38)39)32(37)25-11-5-4-6-12-25/h4-20H,21H2,1-3H3,(H,38,39)/t34-/m0/s1. The maximum atomic E-state index is 13.6. The number of methoxy groups -OCH3 is 1. The monoisotopic (exact) mass is 547 g/mol. The molecule has 7 heteroatoms. The van der Waals surface area contributed by atoms with E-state index in [2.05, 4.69) is 4.57 Å². The average molecular weight is 548 g/mol. The van der Waals surface area contributed by atoms with Crippen LogP contribution in [0, 0.1) is 6.92 Å². The van der Waals surface area contributed by atoms with Crippen LogP contribution in [0.4, 0.5) is 0 Å². The molecule has 0 aliphatic carbocycles. The number of para-hydroxylation sites is 1. The van der Waals surface area contributed by atoms with Crippen LogP contribution >= 0.6 is 0 Å². The number of hydrogen-bond donors (Lipinski definition) is 1. The molecule has 41 heavy (non-hydrogen) atoms. The average Bonchev–Trinajstić information content (AvgIpc) is 3.27. The second kappa shape index (κ2) is 11.1. The topological polar surface area (TPSA) is 94.8 Å². The van der Waals surface area contributed by atoms with E-state index in [1.807, 2.05) is 37.3 Å². The SMILES string of the molecule is COc1ccc(C(=O)c2c(C)n(Cc3cccc(O[C@](C)(C(=O)O)C(=O)c4ccccc4)c3)c3ccccc23)cc1. The molecule has 0 saturated carbocycles. The van der Waals surface area contributed by atoms with E-state index in [9.17, 15) is 19.5 Å². The number of aromatic nitrogens is 1. The normalized spacial score (nSPS) is 12.5. The molecule has 0 bridgehead atoms. The lowest BCUT2D eigenvalue weighted by Crippen LogP contribution is -2.49. The Hall–Kier alpha value is -5.17. The highest BCUT2D eigenvalue weighted by molar-refractivity contribution is 6.17. The van der Waals surface area contributed by atoms with Gasteiger partial charge in [-0.05, 0) is 61.9 Å². The van der Waals surface area contributed by atoms with Crippen molar-refractivity contribution in [3.63, 3.8) is 0 Å². The second-order valence-corrected chi connectivity index (χ2v) is 9.90. The third-order valence-electron chi connectivity index (χ3n) is 7.25. The maximum Gasteiger partial charge on any atom is 0.356 e. The lowest BCUT2D eigenvalue weighted by molar-refractivity contribution is -0.149. The Morgan fingerprint density at radius 1 is 0.805 bits per heavy atom. The molecule has 1 N–H and O–H groups in total. The number of carbonyl (C=O) groups is 3. The first-order valence-electron chi connectivity index (χ1n) is 13.1. The number of Topliss-reactive ketones (excluding diaryl/α,β-unsaturated/α-hetero) is 1. The summed E-state index contributed by atoms with van der Waals surface area (Å²) in [5, 5.41) is 10.8. The molecule has 5 rings (SSSR count). The smallest absolute Gasteiger partial charge is 0.356 e. The van der Waals surface area contributed by atoms with Crippen molar-refractivity contribution in [2.45, 2.75) is 26.0 Å².